The summed E-state index contributed by atoms with van der Waals surface area (Å²) in [4.78, 5) is 2.42. The molecule has 1 saturated heterocycles. The number of ether oxygens (including phenoxy) is 2. The predicted molar refractivity (Wildman–Crippen MR) is 79.3 cm³/mol. The summed E-state index contributed by atoms with van der Waals surface area (Å²) < 4.78 is 10.8. The molecule has 0 amide bonds. The van der Waals surface area contributed by atoms with Crippen molar-refractivity contribution in [3.63, 3.8) is 0 Å². The van der Waals surface area contributed by atoms with Gasteiger partial charge in [-0.3, -0.25) is 0 Å². The van der Waals surface area contributed by atoms with Crippen LogP contribution in [0, 0.1) is 5.92 Å². The summed E-state index contributed by atoms with van der Waals surface area (Å²) in [6.45, 7) is 5.82. The maximum atomic E-state index is 10.2. The molecule has 0 spiro atoms. The Morgan fingerprint density at radius 2 is 1.80 bits per heavy atom. The molecule has 1 fully saturated rings. The molecule has 0 aliphatic carbocycles. The molecule has 1 aliphatic heterocycles. The first-order valence-corrected chi connectivity index (χ1v) is 7.40. The molecule has 4 heteroatoms. The van der Waals surface area contributed by atoms with E-state index in [0.29, 0.717) is 12.5 Å². The number of methoxy groups -OCH3 is 1. The predicted octanol–water partition coefficient (Wildman–Crippen LogP) is 2.17. The van der Waals surface area contributed by atoms with Gasteiger partial charge >= 0.3 is 0 Å². The summed E-state index contributed by atoms with van der Waals surface area (Å²) in [5, 5.41) is 10.2. The standard InChI is InChI=1S/C16H25NO3/c1-3-17-10-8-13(9-11-17)16(18)12-20-15-6-4-14(19-2)5-7-15/h4-7,13,16,18H,3,8-12H2,1-2H3. The zero-order valence-corrected chi connectivity index (χ0v) is 12.4. The van der Waals surface area contributed by atoms with Crippen LogP contribution in [0.25, 0.3) is 0 Å². The Labute approximate surface area is 121 Å². The highest BCUT2D eigenvalue weighted by Gasteiger charge is 2.24. The van der Waals surface area contributed by atoms with Crippen molar-refractivity contribution in [1.29, 1.82) is 0 Å². The molecule has 2 rings (SSSR count). The number of aliphatic hydroxyl groups is 1. The van der Waals surface area contributed by atoms with Crippen LogP contribution in [-0.2, 0) is 0 Å². The lowest BCUT2D eigenvalue weighted by molar-refractivity contribution is 0.0267. The molecule has 1 aromatic rings. The van der Waals surface area contributed by atoms with Gasteiger partial charge in [-0.1, -0.05) is 6.92 Å². The van der Waals surface area contributed by atoms with Gasteiger partial charge in [0.05, 0.1) is 13.2 Å². The van der Waals surface area contributed by atoms with E-state index >= 15 is 0 Å². The SMILES string of the molecule is CCN1CCC(C(O)COc2ccc(OC)cc2)CC1. The summed E-state index contributed by atoms with van der Waals surface area (Å²) in [5.74, 6) is 1.94. The first-order chi connectivity index (χ1) is 9.72. The Balaban J connectivity index is 1.75. The van der Waals surface area contributed by atoms with Crippen molar-refractivity contribution in [2.45, 2.75) is 25.9 Å². The number of rotatable bonds is 6. The topological polar surface area (TPSA) is 41.9 Å². The fraction of sp³-hybridized carbons (Fsp3) is 0.625. The molecular weight excluding hydrogens is 254 g/mol. The first kappa shape index (κ1) is 15.1. The van der Waals surface area contributed by atoms with Crippen molar-refractivity contribution < 1.29 is 14.6 Å². The lowest BCUT2D eigenvalue weighted by atomic mass is 9.91. The second-order valence-corrected chi connectivity index (χ2v) is 5.33. The molecule has 0 aromatic heterocycles. The van der Waals surface area contributed by atoms with Gasteiger partial charge in [-0.2, -0.15) is 0 Å². The van der Waals surface area contributed by atoms with Gasteiger partial charge in [0, 0.05) is 0 Å². The number of likely N-dealkylation sites (tertiary alicyclic amines) is 1. The lowest BCUT2D eigenvalue weighted by Crippen LogP contribution is -2.39. The van der Waals surface area contributed by atoms with E-state index in [1.54, 1.807) is 7.11 Å². The molecule has 0 saturated carbocycles. The van der Waals surface area contributed by atoms with Gasteiger partial charge < -0.3 is 19.5 Å². The first-order valence-electron chi connectivity index (χ1n) is 7.40. The highest BCUT2D eigenvalue weighted by Crippen LogP contribution is 2.22. The third-order valence-electron chi connectivity index (χ3n) is 4.10. The van der Waals surface area contributed by atoms with Crippen LogP contribution in [0.5, 0.6) is 11.5 Å². The van der Waals surface area contributed by atoms with Crippen LogP contribution >= 0.6 is 0 Å². The summed E-state index contributed by atoms with van der Waals surface area (Å²) in [5.41, 5.74) is 0. The maximum absolute atomic E-state index is 10.2. The fourth-order valence-electron chi connectivity index (χ4n) is 2.64. The zero-order chi connectivity index (χ0) is 14.4. The van der Waals surface area contributed by atoms with Crippen LogP contribution < -0.4 is 9.47 Å². The molecule has 1 heterocycles. The van der Waals surface area contributed by atoms with E-state index in [1.807, 2.05) is 24.3 Å². The van der Waals surface area contributed by atoms with Crippen LogP contribution in [-0.4, -0.2) is 49.5 Å². The molecule has 20 heavy (non-hydrogen) atoms. The van der Waals surface area contributed by atoms with E-state index in [-0.39, 0.29) is 6.10 Å². The number of hydrogen-bond donors (Lipinski definition) is 1. The highest BCUT2D eigenvalue weighted by molar-refractivity contribution is 5.31. The van der Waals surface area contributed by atoms with E-state index in [2.05, 4.69) is 11.8 Å². The van der Waals surface area contributed by atoms with Crippen molar-refractivity contribution in [3.05, 3.63) is 24.3 Å². The quantitative estimate of drug-likeness (QED) is 0.866. The molecule has 1 aromatic carbocycles. The summed E-state index contributed by atoms with van der Waals surface area (Å²) in [6, 6.07) is 7.46. The molecule has 1 aliphatic rings. The Morgan fingerprint density at radius 3 is 2.35 bits per heavy atom. The van der Waals surface area contributed by atoms with Gasteiger partial charge in [0.1, 0.15) is 18.1 Å². The Hall–Kier alpha value is -1.26. The van der Waals surface area contributed by atoms with E-state index in [1.165, 1.54) is 0 Å². The van der Waals surface area contributed by atoms with Crippen molar-refractivity contribution in [3.8, 4) is 11.5 Å². The Morgan fingerprint density at radius 1 is 1.20 bits per heavy atom. The number of nitrogens with zero attached hydrogens (tertiary/aromatic N) is 1. The largest absolute Gasteiger partial charge is 0.497 e. The van der Waals surface area contributed by atoms with E-state index < -0.39 is 0 Å². The summed E-state index contributed by atoms with van der Waals surface area (Å²) >= 11 is 0. The van der Waals surface area contributed by atoms with Gasteiger partial charge in [0.15, 0.2) is 0 Å². The van der Waals surface area contributed by atoms with Gasteiger partial charge in [-0.15, -0.1) is 0 Å². The monoisotopic (exact) mass is 279 g/mol. The number of benzene rings is 1. The highest BCUT2D eigenvalue weighted by atomic mass is 16.5. The Bertz CT molecular complexity index is 385. The van der Waals surface area contributed by atoms with Crippen molar-refractivity contribution in [1.82, 2.24) is 4.90 Å². The minimum absolute atomic E-state index is 0.357. The summed E-state index contributed by atoms with van der Waals surface area (Å²) in [6.07, 6.45) is 1.73. The van der Waals surface area contributed by atoms with Crippen LogP contribution in [0.15, 0.2) is 24.3 Å². The smallest absolute Gasteiger partial charge is 0.119 e. The minimum atomic E-state index is -0.379. The third kappa shape index (κ3) is 4.12. The van der Waals surface area contributed by atoms with Crippen LogP contribution in [0.4, 0.5) is 0 Å². The van der Waals surface area contributed by atoms with Crippen molar-refractivity contribution >= 4 is 0 Å². The summed E-state index contributed by atoms with van der Waals surface area (Å²) in [7, 11) is 1.64. The van der Waals surface area contributed by atoms with Gasteiger partial charge in [-0.25, -0.2) is 0 Å². The molecule has 1 unspecified atom stereocenters. The van der Waals surface area contributed by atoms with Crippen LogP contribution in [0.3, 0.4) is 0 Å². The van der Waals surface area contributed by atoms with Crippen LogP contribution in [0.2, 0.25) is 0 Å². The molecule has 112 valence electrons. The lowest BCUT2D eigenvalue weighted by Gasteiger charge is -2.33. The van der Waals surface area contributed by atoms with Gasteiger partial charge in [0.2, 0.25) is 0 Å². The third-order valence-corrected chi connectivity index (χ3v) is 4.10. The number of piperidine rings is 1. The molecule has 0 bridgehead atoms. The van der Waals surface area contributed by atoms with E-state index in [4.69, 9.17) is 9.47 Å². The minimum Gasteiger partial charge on any atom is -0.497 e. The second kappa shape index (κ2) is 7.50. The molecule has 1 atom stereocenters. The van der Waals surface area contributed by atoms with E-state index in [0.717, 1.165) is 44.0 Å². The normalized spacial score (nSPS) is 18.8. The van der Waals surface area contributed by atoms with Gasteiger partial charge in [-0.05, 0) is 62.7 Å². The molecule has 4 nitrogen and oxygen atoms in total. The maximum Gasteiger partial charge on any atom is 0.119 e. The molecular formula is C16H25NO3. The van der Waals surface area contributed by atoms with Crippen molar-refractivity contribution in [2.24, 2.45) is 5.92 Å². The Kier molecular flexibility index (Phi) is 5.68. The van der Waals surface area contributed by atoms with E-state index in [9.17, 15) is 5.11 Å². The van der Waals surface area contributed by atoms with Crippen LogP contribution in [0.1, 0.15) is 19.8 Å². The second-order valence-electron chi connectivity index (χ2n) is 5.33. The average Bonchev–Trinajstić information content (AvgIpc) is 2.53. The number of hydrogen-bond acceptors (Lipinski definition) is 4. The number of aliphatic hydroxyl groups excluding tert-OH is 1. The van der Waals surface area contributed by atoms with Gasteiger partial charge in [0.25, 0.3) is 0 Å². The zero-order valence-electron chi connectivity index (χ0n) is 12.4. The molecule has 1 N–H and O–H groups in total. The molecule has 0 radical (unpaired) electrons. The average molecular weight is 279 g/mol. The fourth-order valence-corrected chi connectivity index (χ4v) is 2.64. The van der Waals surface area contributed by atoms with Crippen molar-refractivity contribution in [2.75, 3.05) is 33.4 Å².